The lowest BCUT2D eigenvalue weighted by Gasteiger charge is -2.26. The lowest BCUT2D eigenvalue weighted by molar-refractivity contribution is 0.0730. The Labute approximate surface area is 115 Å². The van der Waals surface area contributed by atoms with E-state index in [-0.39, 0.29) is 4.90 Å². The van der Waals surface area contributed by atoms with Crippen molar-refractivity contribution in [3.8, 4) is 0 Å². The Morgan fingerprint density at radius 3 is 2.61 bits per heavy atom. The van der Waals surface area contributed by atoms with Gasteiger partial charge < -0.3 is 10.5 Å². The molecule has 1 aliphatic rings. The lowest BCUT2D eigenvalue weighted by atomic mass is 10.2. The molecule has 1 aromatic rings. The Hall–Kier alpha value is -0.470. The third-order valence-corrected chi connectivity index (χ3v) is 5.71. The summed E-state index contributed by atoms with van der Waals surface area (Å²) in [5, 5.41) is 0. The fourth-order valence-electron chi connectivity index (χ4n) is 1.80. The van der Waals surface area contributed by atoms with Crippen molar-refractivity contribution in [2.24, 2.45) is 5.73 Å². The van der Waals surface area contributed by atoms with Crippen LogP contribution in [0.1, 0.15) is 5.56 Å². The van der Waals surface area contributed by atoms with Gasteiger partial charge in [0.2, 0.25) is 10.0 Å². The van der Waals surface area contributed by atoms with Gasteiger partial charge in [-0.2, -0.15) is 4.31 Å². The Morgan fingerprint density at radius 1 is 1.33 bits per heavy atom. The minimum absolute atomic E-state index is 0.271. The van der Waals surface area contributed by atoms with E-state index in [1.54, 1.807) is 12.1 Å². The molecule has 1 heterocycles. The monoisotopic (exact) mass is 334 g/mol. The number of ether oxygens (including phenoxy) is 1. The van der Waals surface area contributed by atoms with E-state index in [2.05, 4.69) is 15.9 Å². The molecular formula is C11H15BrN2O3S. The van der Waals surface area contributed by atoms with Gasteiger partial charge in [-0.3, -0.25) is 0 Å². The molecule has 18 heavy (non-hydrogen) atoms. The summed E-state index contributed by atoms with van der Waals surface area (Å²) < 4.78 is 32.1. The normalized spacial score (nSPS) is 17.9. The van der Waals surface area contributed by atoms with Gasteiger partial charge in [-0.1, -0.05) is 6.07 Å². The second kappa shape index (κ2) is 5.66. The summed E-state index contributed by atoms with van der Waals surface area (Å²) in [7, 11) is -3.47. The molecule has 0 aromatic heterocycles. The first-order valence-electron chi connectivity index (χ1n) is 5.62. The van der Waals surface area contributed by atoms with Gasteiger partial charge in [-0.15, -0.1) is 0 Å². The van der Waals surface area contributed by atoms with Crippen LogP contribution in [0, 0.1) is 0 Å². The van der Waals surface area contributed by atoms with Crippen molar-refractivity contribution < 1.29 is 13.2 Å². The highest BCUT2D eigenvalue weighted by Gasteiger charge is 2.28. The van der Waals surface area contributed by atoms with Gasteiger partial charge in [0.15, 0.2) is 0 Å². The molecule has 1 fully saturated rings. The summed E-state index contributed by atoms with van der Waals surface area (Å²) in [4.78, 5) is 0.271. The summed E-state index contributed by atoms with van der Waals surface area (Å²) in [6.07, 6.45) is 0. The topological polar surface area (TPSA) is 72.6 Å². The largest absolute Gasteiger partial charge is 0.379 e. The van der Waals surface area contributed by atoms with Crippen LogP contribution in [0.5, 0.6) is 0 Å². The van der Waals surface area contributed by atoms with E-state index in [0.717, 1.165) is 5.56 Å². The van der Waals surface area contributed by atoms with Crippen molar-refractivity contribution in [1.29, 1.82) is 0 Å². The predicted molar refractivity (Wildman–Crippen MR) is 71.6 cm³/mol. The molecule has 7 heteroatoms. The quantitative estimate of drug-likeness (QED) is 0.892. The SMILES string of the molecule is NCc1ccc(Br)c(S(=O)(=O)N2CCOCC2)c1. The molecule has 0 unspecified atom stereocenters. The third-order valence-electron chi connectivity index (χ3n) is 2.82. The van der Waals surface area contributed by atoms with E-state index in [1.165, 1.54) is 4.31 Å². The predicted octanol–water partition coefficient (Wildman–Crippen LogP) is 0.929. The first-order valence-corrected chi connectivity index (χ1v) is 7.85. The second-order valence-electron chi connectivity index (χ2n) is 3.99. The number of nitrogens with zero attached hydrogens (tertiary/aromatic N) is 1. The van der Waals surface area contributed by atoms with Crippen molar-refractivity contribution in [2.45, 2.75) is 11.4 Å². The van der Waals surface area contributed by atoms with Crippen molar-refractivity contribution in [2.75, 3.05) is 26.3 Å². The van der Waals surface area contributed by atoms with Gasteiger partial charge in [0.1, 0.15) is 0 Å². The van der Waals surface area contributed by atoms with Crippen LogP contribution in [0.15, 0.2) is 27.6 Å². The van der Waals surface area contributed by atoms with Crippen LogP contribution in [0.3, 0.4) is 0 Å². The molecule has 1 saturated heterocycles. The van der Waals surface area contributed by atoms with Crippen molar-refractivity contribution in [3.63, 3.8) is 0 Å². The number of hydrogen-bond donors (Lipinski definition) is 1. The van der Waals surface area contributed by atoms with Crippen molar-refractivity contribution in [3.05, 3.63) is 28.2 Å². The smallest absolute Gasteiger partial charge is 0.244 e. The van der Waals surface area contributed by atoms with Crippen LogP contribution in [0.25, 0.3) is 0 Å². The Bertz CT molecular complexity index is 527. The highest BCUT2D eigenvalue weighted by Crippen LogP contribution is 2.26. The van der Waals surface area contributed by atoms with Crippen LogP contribution >= 0.6 is 15.9 Å². The van der Waals surface area contributed by atoms with Crippen LogP contribution in [-0.4, -0.2) is 39.0 Å². The molecule has 0 saturated carbocycles. The molecule has 0 bridgehead atoms. The van der Waals surface area contributed by atoms with E-state index >= 15 is 0 Å². The average Bonchev–Trinajstić information content (AvgIpc) is 2.40. The Kier molecular flexibility index (Phi) is 4.39. The molecule has 5 nitrogen and oxygen atoms in total. The highest BCUT2D eigenvalue weighted by molar-refractivity contribution is 9.10. The van der Waals surface area contributed by atoms with Gasteiger partial charge in [-0.05, 0) is 33.6 Å². The number of sulfonamides is 1. The Morgan fingerprint density at radius 2 is 2.00 bits per heavy atom. The first-order chi connectivity index (χ1) is 8.55. The maximum atomic E-state index is 12.5. The van der Waals surface area contributed by atoms with Gasteiger partial charge in [0.25, 0.3) is 0 Å². The fourth-order valence-corrected chi connectivity index (χ4v) is 4.18. The first kappa shape index (κ1) is 14.0. The second-order valence-corrected chi connectivity index (χ2v) is 6.75. The van der Waals surface area contributed by atoms with E-state index in [4.69, 9.17) is 10.5 Å². The molecule has 1 aromatic carbocycles. The zero-order valence-corrected chi connectivity index (χ0v) is 12.2. The standard InChI is InChI=1S/C11H15BrN2O3S/c12-10-2-1-9(8-13)7-11(10)18(15,16)14-3-5-17-6-4-14/h1-2,7H,3-6,8,13H2. The number of halogens is 1. The fraction of sp³-hybridized carbons (Fsp3) is 0.455. The Balaban J connectivity index is 2.39. The summed E-state index contributed by atoms with van der Waals surface area (Å²) in [6.45, 7) is 1.98. The zero-order chi connectivity index (χ0) is 13.2. The zero-order valence-electron chi connectivity index (χ0n) is 9.80. The van der Waals surface area contributed by atoms with Crippen LogP contribution < -0.4 is 5.73 Å². The number of benzene rings is 1. The molecule has 0 radical (unpaired) electrons. The van der Waals surface area contributed by atoms with E-state index < -0.39 is 10.0 Å². The van der Waals surface area contributed by atoms with Crippen molar-refractivity contribution >= 4 is 26.0 Å². The van der Waals surface area contributed by atoms with Gasteiger partial charge >= 0.3 is 0 Å². The number of rotatable bonds is 3. The minimum atomic E-state index is -3.47. The molecule has 2 N–H and O–H groups in total. The minimum Gasteiger partial charge on any atom is -0.379 e. The molecule has 0 amide bonds. The number of hydrogen-bond acceptors (Lipinski definition) is 4. The molecule has 0 spiro atoms. The highest BCUT2D eigenvalue weighted by atomic mass is 79.9. The van der Waals surface area contributed by atoms with Crippen LogP contribution in [0.2, 0.25) is 0 Å². The lowest BCUT2D eigenvalue weighted by Crippen LogP contribution is -2.40. The van der Waals surface area contributed by atoms with E-state index in [0.29, 0.717) is 37.3 Å². The van der Waals surface area contributed by atoms with E-state index in [1.807, 2.05) is 6.07 Å². The van der Waals surface area contributed by atoms with Crippen molar-refractivity contribution in [1.82, 2.24) is 4.31 Å². The van der Waals surface area contributed by atoms with Gasteiger partial charge in [0.05, 0.1) is 18.1 Å². The third kappa shape index (κ3) is 2.75. The molecule has 0 atom stereocenters. The molecule has 100 valence electrons. The van der Waals surface area contributed by atoms with Crippen LogP contribution in [-0.2, 0) is 21.3 Å². The number of nitrogens with two attached hydrogens (primary N) is 1. The van der Waals surface area contributed by atoms with E-state index in [9.17, 15) is 8.42 Å². The molecule has 1 aliphatic heterocycles. The molecule has 2 rings (SSSR count). The van der Waals surface area contributed by atoms with Crippen LogP contribution in [0.4, 0.5) is 0 Å². The maximum Gasteiger partial charge on any atom is 0.244 e. The summed E-state index contributed by atoms with van der Waals surface area (Å²) >= 11 is 3.28. The molecular weight excluding hydrogens is 320 g/mol. The average molecular weight is 335 g/mol. The summed E-state index contributed by atoms with van der Waals surface area (Å²) in [5.74, 6) is 0. The summed E-state index contributed by atoms with van der Waals surface area (Å²) in [5.41, 5.74) is 6.34. The number of morpholine rings is 1. The molecule has 0 aliphatic carbocycles. The summed E-state index contributed by atoms with van der Waals surface area (Å²) in [6, 6.07) is 5.15. The van der Waals surface area contributed by atoms with Gasteiger partial charge in [-0.25, -0.2) is 8.42 Å². The van der Waals surface area contributed by atoms with Gasteiger partial charge in [0, 0.05) is 24.1 Å². The maximum absolute atomic E-state index is 12.5.